The first-order chi connectivity index (χ1) is 14.9. The molecule has 1 aromatic carbocycles. The fourth-order valence-corrected chi connectivity index (χ4v) is 3.66. The number of ether oxygens (including phenoxy) is 1. The van der Waals surface area contributed by atoms with E-state index in [1.54, 1.807) is 18.5 Å². The zero-order chi connectivity index (χ0) is 22.0. The number of nitrogens with zero attached hydrogens (tertiary/aromatic N) is 3. The Morgan fingerprint density at radius 2 is 2.03 bits per heavy atom. The van der Waals surface area contributed by atoms with Crippen LogP contribution in [0.1, 0.15) is 37.6 Å². The first-order valence-electron chi connectivity index (χ1n) is 10.3. The minimum atomic E-state index is -0.401. The molecule has 1 aliphatic rings. The molecule has 8 nitrogen and oxygen atoms in total. The van der Waals surface area contributed by atoms with Crippen molar-refractivity contribution in [2.24, 2.45) is 5.92 Å². The van der Waals surface area contributed by atoms with Gasteiger partial charge in [0.05, 0.1) is 30.7 Å². The standard InChI is InChI=1S/C22H26FN5O3/c1-13(2)19(20-14(3)17-9-15(23)5-6-18(17)31-20)27-22(29)26-16-10-24-21(25-11-16)28-7-4-8-30-12-28/h5-6,9-11,13,19H,4,7-8,12H2,1-3H3,(H2,26,27,29)/t19-/m0/s1. The second kappa shape index (κ2) is 8.89. The minimum absolute atomic E-state index is 0.0487. The summed E-state index contributed by atoms with van der Waals surface area (Å²) >= 11 is 0. The molecular weight excluding hydrogens is 401 g/mol. The molecular formula is C22H26FN5O3. The van der Waals surface area contributed by atoms with Crippen LogP contribution in [0.4, 0.5) is 20.8 Å². The number of furan rings is 1. The fourth-order valence-electron chi connectivity index (χ4n) is 3.66. The first kappa shape index (κ1) is 21.0. The average molecular weight is 427 g/mol. The molecule has 0 saturated carbocycles. The number of fused-ring (bicyclic) bond motifs is 1. The summed E-state index contributed by atoms with van der Waals surface area (Å²) < 4.78 is 25.0. The van der Waals surface area contributed by atoms with E-state index in [2.05, 4.69) is 20.6 Å². The van der Waals surface area contributed by atoms with Crippen molar-refractivity contribution >= 4 is 28.6 Å². The molecule has 0 radical (unpaired) electrons. The summed E-state index contributed by atoms with van der Waals surface area (Å²) in [6, 6.07) is 3.62. The maximum atomic E-state index is 13.6. The van der Waals surface area contributed by atoms with Crippen molar-refractivity contribution in [1.82, 2.24) is 15.3 Å². The van der Waals surface area contributed by atoms with Crippen LogP contribution in [0.25, 0.3) is 11.0 Å². The van der Waals surface area contributed by atoms with Gasteiger partial charge in [0, 0.05) is 17.5 Å². The molecule has 3 aromatic rings. The van der Waals surface area contributed by atoms with Gasteiger partial charge in [0.2, 0.25) is 5.95 Å². The Balaban J connectivity index is 1.46. The third-order valence-electron chi connectivity index (χ3n) is 5.31. The molecule has 4 rings (SSSR count). The van der Waals surface area contributed by atoms with Crippen LogP contribution >= 0.6 is 0 Å². The smallest absolute Gasteiger partial charge is 0.319 e. The summed E-state index contributed by atoms with van der Waals surface area (Å²) in [6.45, 7) is 7.88. The molecule has 0 unspecified atom stereocenters. The minimum Gasteiger partial charge on any atom is -0.459 e. The van der Waals surface area contributed by atoms with Crippen molar-refractivity contribution in [3.8, 4) is 0 Å². The van der Waals surface area contributed by atoms with Gasteiger partial charge in [-0.05, 0) is 37.5 Å². The molecule has 1 saturated heterocycles. The fraction of sp³-hybridized carbons (Fsp3) is 0.409. The lowest BCUT2D eigenvalue weighted by Gasteiger charge is -2.26. The molecule has 164 valence electrons. The maximum absolute atomic E-state index is 13.6. The topological polar surface area (TPSA) is 92.5 Å². The lowest BCUT2D eigenvalue weighted by molar-refractivity contribution is 0.106. The van der Waals surface area contributed by atoms with Crippen molar-refractivity contribution in [2.45, 2.75) is 33.2 Å². The number of carbonyl (C=O) groups excluding carboxylic acids is 1. The molecule has 1 atom stereocenters. The van der Waals surface area contributed by atoms with Crippen molar-refractivity contribution in [2.75, 3.05) is 30.1 Å². The molecule has 3 heterocycles. The number of anilines is 2. The van der Waals surface area contributed by atoms with Crippen LogP contribution < -0.4 is 15.5 Å². The third-order valence-corrected chi connectivity index (χ3v) is 5.31. The number of hydrogen-bond acceptors (Lipinski definition) is 6. The highest BCUT2D eigenvalue weighted by Gasteiger charge is 2.25. The van der Waals surface area contributed by atoms with Crippen molar-refractivity contribution < 1.29 is 18.3 Å². The van der Waals surface area contributed by atoms with Crippen LogP contribution in [0.3, 0.4) is 0 Å². The largest absolute Gasteiger partial charge is 0.459 e. The Labute approximate surface area is 179 Å². The van der Waals surface area contributed by atoms with E-state index in [4.69, 9.17) is 9.15 Å². The van der Waals surface area contributed by atoms with E-state index in [0.717, 1.165) is 25.1 Å². The van der Waals surface area contributed by atoms with Gasteiger partial charge in [-0.15, -0.1) is 0 Å². The lowest BCUT2D eigenvalue weighted by Crippen LogP contribution is -2.35. The second-order valence-corrected chi connectivity index (χ2v) is 7.98. The highest BCUT2D eigenvalue weighted by atomic mass is 19.1. The number of aryl methyl sites for hydroxylation is 1. The number of hydrogen-bond donors (Lipinski definition) is 2. The molecule has 2 amide bonds. The maximum Gasteiger partial charge on any atom is 0.319 e. The summed E-state index contributed by atoms with van der Waals surface area (Å²) in [4.78, 5) is 23.2. The molecule has 1 fully saturated rings. The van der Waals surface area contributed by atoms with Gasteiger partial charge in [-0.1, -0.05) is 13.8 Å². The Hall–Kier alpha value is -3.20. The van der Waals surface area contributed by atoms with E-state index in [-0.39, 0.29) is 17.8 Å². The molecule has 9 heteroatoms. The van der Waals surface area contributed by atoms with Gasteiger partial charge in [0.1, 0.15) is 23.9 Å². The average Bonchev–Trinajstić information content (AvgIpc) is 3.08. The van der Waals surface area contributed by atoms with E-state index in [0.29, 0.717) is 35.1 Å². The van der Waals surface area contributed by atoms with E-state index < -0.39 is 6.03 Å². The van der Waals surface area contributed by atoms with Gasteiger partial charge in [-0.25, -0.2) is 19.2 Å². The van der Waals surface area contributed by atoms with Crippen LogP contribution in [-0.4, -0.2) is 35.9 Å². The Morgan fingerprint density at radius 3 is 2.71 bits per heavy atom. The number of halogens is 1. The summed E-state index contributed by atoms with van der Waals surface area (Å²) in [7, 11) is 0. The van der Waals surface area contributed by atoms with Crippen LogP contribution in [0.5, 0.6) is 0 Å². The number of aromatic nitrogens is 2. The summed E-state index contributed by atoms with van der Waals surface area (Å²) in [5, 5.41) is 6.42. The van der Waals surface area contributed by atoms with E-state index in [1.165, 1.54) is 12.1 Å². The van der Waals surface area contributed by atoms with Crippen LogP contribution in [-0.2, 0) is 4.74 Å². The second-order valence-electron chi connectivity index (χ2n) is 7.98. The van der Waals surface area contributed by atoms with Crippen LogP contribution in [0.15, 0.2) is 35.0 Å². The predicted molar refractivity (Wildman–Crippen MR) is 115 cm³/mol. The van der Waals surface area contributed by atoms with Crippen LogP contribution in [0, 0.1) is 18.7 Å². The molecule has 0 spiro atoms. The number of carbonyl (C=O) groups is 1. The highest BCUT2D eigenvalue weighted by molar-refractivity contribution is 5.89. The Morgan fingerprint density at radius 1 is 1.26 bits per heavy atom. The number of nitrogens with one attached hydrogen (secondary N) is 2. The van der Waals surface area contributed by atoms with Crippen molar-refractivity contribution in [3.63, 3.8) is 0 Å². The molecule has 2 aromatic heterocycles. The predicted octanol–water partition coefficient (Wildman–Crippen LogP) is 4.37. The number of rotatable bonds is 5. The third kappa shape index (κ3) is 4.61. The monoisotopic (exact) mass is 427 g/mol. The van der Waals surface area contributed by atoms with Crippen molar-refractivity contribution in [1.29, 1.82) is 0 Å². The summed E-state index contributed by atoms with van der Waals surface area (Å²) in [5.41, 5.74) is 1.88. The molecule has 1 aliphatic heterocycles. The lowest BCUT2D eigenvalue weighted by atomic mass is 9.98. The molecule has 0 aliphatic carbocycles. The Kier molecular flexibility index (Phi) is 6.03. The van der Waals surface area contributed by atoms with E-state index >= 15 is 0 Å². The summed E-state index contributed by atoms with van der Waals surface area (Å²) in [6.07, 6.45) is 4.06. The zero-order valence-electron chi connectivity index (χ0n) is 17.8. The van der Waals surface area contributed by atoms with Crippen LogP contribution in [0.2, 0.25) is 0 Å². The van der Waals surface area contributed by atoms with Gasteiger partial charge in [0.15, 0.2) is 0 Å². The first-order valence-corrected chi connectivity index (χ1v) is 10.3. The normalized spacial score (nSPS) is 15.3. The number of urea groups is 1. The van der Waals surface area contributed by atoms with E-state index in [9.17, 15) is 9.18 Å². The SMILES string of the molecule is Cc1c([C@@H](NC(=O)Nc2cnc(N3CCCOC3)nc2)C(C)C)oc2ccc(F)cc12. The zero-order valence-corrected chi connectivity index (χ0v) is 17.8. The van der Waals surface area contributed by atoms with Crippen molar-refractivity contribution in [3.05, 3.63) is 47.7 Å². The molecule has 31 heavy (non-hydrogen) atoms. The number of benzene rings is 1. The van der Waals surface area contributed by atoms with Gasteiger partial charge < -0.3 is 24.7 Å². The van der Waals surface area contributed by atoms with Gasteiger partial charge in [-0.3, -0.25) is 0 Å². The van der Waals surface area contributed by atoms with Gasteiger partial charge >= 0.3 is 6.03 Å². The number of amides is 2. The molecule has 0 bridgehead atoms. The van der Waals surface area contributed by atoms with Gasteiger partial charge in [-0.2, -0.15) is 0 Å². The summed E-state index contributed by atoms with van der Waals surface area (Å²) in [5.74, 6) is 0.903. The highest BCUT2D eigenvalue weighted by Crippen LogP contribution is 2.33. The van der Waals surface area contributed by atoms with E-state index in [1.807, 2.05) is 25.7 Å². The Bertz CT molecular complexity index is 1060. The van der Waals surface area contributed by atoms with Gasteiger partial charge in [0.25, 0.3) is 0 Å². The molecule has 2 N–H and O–H groups in total. The quantitative estimate of drug-likeness (QED) is 0.628.